The van der Waals surface area contributed by atoms with E-state index in [4.69, 9.17) is 10.4 Å². The van der Waals surface area contributed by atoms with Gasteiger partial charge in [0, 0.05) is 17.1 Å². The largest absolute Gasteiger partial charge is 0.361 e. The molecule has 0 aromatic carbocycles. The maximum absolute atomic E-state index is 5.53. The summed E-state index contributed by atoms with van der Waals surface area (Å²) in [6.07, 6.45) is 0. The van der Waals surface area contributed by atoms with Gasteiger partial charge in [-0.15, -0.1) is 0 Å². The lowest BCUT2D eigenvalue weighted by Gasteiger charge is -2.08. The van der Waals surface area contributed by atoms with E-state index < -0.39 is 0 Å². The smallest absolute Gasteiger partial charge is 0.167 e. The third-order valence-electron chi connectivity index (χ3n) is 2.97. The van der Waals surface area contributed by atoms with Crippen LogP contribution in [0.4, 0.5) is 5.82 Å². The molecular weight excluding hydrogens is 250 g/mol. The highest BCUT2D eigenvalue weighted by atomic mass is 32.2. The standard InChI is InChI=1S/C11H13N5OS/c1-5-9(6(2)17-16-5)11-13-8-4-18-3-7(8)10(14-11)15-12/h3-4,12H2,1-2H3,(H,13,14,15). The number of hydrazine groups is 1. The summed E-state index contributed by atoms with van der Waals surface area (Å²) in [6, 6.07) is 0. The topological polar surface area (TPSA) is 89.9 Å². The van der Waals surface area contributed by atoms with Crippen LogP contribution in [0.15, 0.2) is 4.52 Å². The molecule has 0 fully saturated rings. The number of rotatable bonds is 2. The highest BCUT2D eigenvalue weighted by Gasteiger charge is 2.22. The predicted octanol–water partition coefficient (Wildman–Crippen LogP) is 1.78. The number of hydrogen-bond acceptors (Lipinski definition) is 7. The average Bonchev–Trinajstić information content (AvgIpc) is 2.95. The van der Waals surface area contributed by atoms with Crippen LogP contribution < -0.4 is 11.3 Å². The molecule has 0 spiro atoms. The van der Waals surface area contributed by atoms with Gasteiger partial charge < -0.3 is 9.95 Å². The fourth-order valence-corrected chi connectivity index (χ4v) is 3.13. The van der Waals surface area contributed by atoms with Crippen LogP contribution in [-0.2, 0) is 11.5 Å². The third kappa shape index (κ3) is 1.67. The molecular formula is C11H13N5OS. The SMILES string of the molecule is Cc1noc(C)c1-c1nc2c(c(NN)n1)CSC2. The van der Waals surface area contributed by atoms with E-state index >= 15 is 0 Å². The zero-order chi connectivity index (χ0) is 12.7. The number of nitrogens with zero attached hydrogens (tertiary/aromatic N) is 3. The van der Waals surface area contributed by atoms with E-state index in [1.54, 1.807) is 0 Å². The number of nitrogens with two attached hydrogens (primary N) is 1. The molecule has 0 radical (unpaired) electrons. The van der Waals surface area contributed by atoms with E-state index in [9.17, 15) is 0 Å². The predicted molar refractivity (Wildman–Crippen MR) is 69.8 cm³/mol. The van der Waals surface area contributed by atoms with E-state index in [2.05, 4.69) is 20.6 Å². The summed E-state index contributed by atoms with van der Waals surface area (Å²) >= 11 is 1.81. The van der Waals surface area contributed by atoms with E-state index in [0.29, 0.717) is 11.6 Å². The molecule has 7 heteroatoms. The second kappa shape index (κ2) is 4.25. The number of thioether (sulfide) groups is 1. The van der Waals surface area contributed by atoms with E-state index in [1.807, 2.05) is 25.6 Å². The molecule has 2 aromatic rings. The van der Waals surface area contributed by atoms with Crippen LogP contribution in [0.25, 0.3) is 11.4 Å². The van der Waals surface area contributed by atoms with Crippen LogP contribution in [0.5, 0.6) is 0 Å². The van der Waals surface area contributed by atoms with E-state index in [1.165, 1.54) is 0 Å². The first-order chi connectivity index (χ1) is 8.70. The van der Waals surface area contributed by atoms with Gasteiger partial charge >= 0.3 is 0 Å². The zero-order valence-electron chi connectivity index (χ0n) is 10.1. The monoisotopic (exact) mass is 263 g/mol. The molecule has 0 bridgehead atoms. The number of hydrogen-bond donors (Lipinski definition) is 2. The van der Waals surface area contributed by atoms with Crippen LogP contribution in [-0.4, -0.2) is 15.1 Å². The van der Waals surface area contributed by atoms with Crippen molar-refractivity contribution in [1.82, 2.24) is 15.1 Å². The summed E-state index contributed by atoms with van der Waals surface area (Å²) < 4.78 is 5.16. The molecule has 3 N–H and O–H groups in total. The van der Waals surface area contributed by atoms with Crippen LogP contribution in [0, 0.1) is 13.8 Å². The molecule has 0 aliphatic carbocycles. The Bertz CT molecular complexity index is 590. The third-order valence-corrected chi connectivity index (χ3v) is 3.94. The number of fused-ring (bicyclic) bond motifs is 1. The minimum atomic E-state index is 0.625. The Morgan fingerprint density at radius 3 is 2.78 bits per heavy atom. The Hall–Kier alpha value is -1.60. The van der Waals surface area contributed by atoms with Crippen molar-refractivity contribution >= 4 is 17.6 Å². The average molecular weight is 263 g/mol. The molecule has 1 aliphatic heterocycles. The van der Waals surface area contributed by atoms with Gasteiger partial charge in [-0.2, -0.15) is 11.8 Å². The second-order valence-corrected chi connectivity index (χ2v) is 5.14. The van der Waals surface area contributed by atoms with Gasteiger partial charge in [0.2, 0.25) is 0 Å². The van der Waals surface area contributed by atoms with Gasteiger partial charge in [0.15, 0.2) is 5.82 Å². The quantitative estimate of drug-likeness (QED) is 0.630. The first kappa shape index (κ1) is 11.5. The van der Waals surface area contributed by atoms with Crippen molar-refractivity contribution in [3.63, 3.8) is 0 Å². The molecule has 0 amide bonds. The number of nitrogen functional groups attached to an aromatic ring is 1. The Kier molecular flexibility index (Phi) is 2.71. The van der Waals surface area contributed by atoms with Crippen LogP contribution in [0.2, 0.25) is 0 Å². The first-order valence-corrected chi connectivity index (χ1v) is 6.73. The van der Waals surface area contributed by atoms with Crippen molar-refractivity contribution < 1.29 is 4.52 Å². The van der Waals surface area contributed by atoms with E-state index in [-0.39, 0.29) is 0 Å². The fourth-order valence-electron chi connectivity index (χ4n) is 2.08. The first-order valence-electron chi connectivity index (χ1n) is 5.58. The van der Waals surface area contributed by atoms with E-state index in [0.717, 1.165) is 39.8 Å². The van der Waals surface area contributed by atoms with Crippen LogP contribution in [0.3, 0.4) is 0 Å². The minimum Gasteiger partial charge on any atom is -0.361 e. The Labute approximate surface area is 108 Å². The van der Waals surface area contributed by atoms with Crippen LogP contribution >= 0.6 is 11.8 Å². The number of anilines is 1. The van der Waals surface area contributed by atoms with Crippen molar-refractivity contribution in [2.24, 2.45) is 5.84 Å². The maximum atomic E-state index is 5.53. The lowest BCUT2D eigenvalue weighted by molar-refractivity contribution is 0.393. The summed E-state index contributed by atoms with van der Waals surface area (Å²) in [5.41, 5.74) is 6.43. The zero-order valence-corrected chi connectivity index (χ0v) is 11.0. The van der Waals surface area contributed by atoms with Crippen molar-refractivity contribution in [2.45, 2.75) is 25.4 Å². The molecule has 3 rings (SSSR count). The minimum absolute atomic E-state index is 0.625. The van der Waals surface area contributed by atoms with Crippen molar-refractivity contribution in [3.8, 4) is 11.4 Å². The lowest BCUT2D eigenvalue weighted by Crippen LogP contribution is -2.13. The number of aromatic nitrogens is 3. The Morgan fingerprint density at radius 2 is 2.11 bits per heavy atom. The molecule has 18 heavy (non-hydrogen) atoms. The molecule has 0 atom stereocenters. The summed E-state index contributed by atoms with van der Waals surface area (Å²) in [5.74, 6) is 9.37. The van der Waals surface area contributed by atoms with Crippen LogP contribution in [0.1, 0.15) is 22.7 Å². The Morgan fingerprint density at radius 1 is 1.28 bits per heavy atom. The van der Waals surface area contributed by atoms with Gasteiger partial charge in [-0.3, -0.25) is 0 Å². The van der Waals surface area contributed by atoms with Gasteiger partial charge in [-0.1, -0.05) is 5.16 Å². The molecule has 3 heterocycles. The summed E-state index contributed by atoms with van der Waals surface area (Å²) in [4.78, 5) is 9.06. The highest BCUT2D eigenvalue weighted by molar-refractivity contribution is 7.98. The molecule has 0 saturated heterocycles. The van der Waals surface area contributed by atoms with Crippen molar-refractivity contribution in [2.75, 3.05) is 5.43 Å². The molecule has 2 aromatic heterocycles. The summed E-state index contributed by atoms with van der Waals surface area (Å²) in [7, 11) is 0. The molecule has 0 saturated carbocycles. The second-order valence-electron chi connectivity index (χ2n) is 4.16. The summed E-state index contributed by atoms with van der Waals surface area (Å²) in [6.45, 7) is 3.74. The van der Waals surface area contributed by atoms with Crippen molar-refractivity contribution in [3.05, 3.63) is 22.7 Å². The molecule has 94 valence electrons. The molecule has 6 nitrogen and oxygen atoms in total. The van der Waals surface area contributed by atoms with Gasteiger partial charge in [0.05, 0.1) is 17.0 Å². The lowest BCUT2D eigenvalue weighted by atomic mass is 10.1. The molecule has 1 aliphatic rings. The summed E-state index contributed by atoms with van der Waals surface area (Å²) in [5, 5.41) is 3.93. The Balaban J connectivity index is 2.20. The number of nitrogens with one attached hydrogen (secondary N) is 1. The maximum Gasteiger partial charge on any atom is 0.167 e. The fraction of sp³-hybridized carbons (Fsp3) is 0.364. The van der Waals surface area contributed by atoms with Crippen molar-refractivity contribution in [1.29, 1.82) is 0 Å². The van der Waals surface area contributed by atoms with Gasteiger partial charge in [0.1, 0.15) is 11.6 Å². The highest BCUT2D eigenvalue weighted by Crippen LogP contribution is 2.35. The normalized spacial score (nSPS) is 13.7. The van der Waals surface area contributed by atoms with Gasteiger partial charge in [-0.25, -0.2) is 15.8 Å². The number of aryl methyl sites for hydroxylation is 2. The van der Waals surface area contributed by atoms with Gasteiger partial charge in [0.25, 0.3) is 0 Å². The molecule has 0 unspecified atom stereocenters. The van der Waals surface area contributed by atoms with Gasteiger partial charge in [-0.05, 0) is 13.8 Å².